The second-order valence-electron chi connectivity index (χ2n) is 6.86. The minimum atomic E-state index is -1.03. The van der Waals surface area contributed by atoms with E-state index in [1.165, 1.54) is 0 Å². The SMILES string of the molecule is Cc1noc(CC2(O)CCCN(C(=O)c3cccn3C(C)C)C2)n1. The molecule has 24 heavy (non-hydrogen) atoms. The molecule has 0 saturated carbocycles. The predicted molar refractivity (Wildman–Crippen MR) is 87.6 cm³/mol. The van der Waals surface area contributed by atoms with Gasteiger partial charge < -0.3 is 19.1 Å². The van der Waals surface area contributed by atoms with Crippen molar-refractivity contribution in [1.29, 1.82) is 0 Å². The van der Waals surface area contributed by atoms with Gasteiger partial charge in [0.05, 0.1) is 18.6 Å². The molecule has 1 atom stereocenters. The molecular formula is C17H24N4O3. The number of carbonyl (C=O) groups excluding carboxylic acids is 1. The highest BCUT2D eigenvalue weighted by Gasteiger charge is 2.37. The number of aliphatic hydroxyl groups is 1. The summed E-state index contributed by atoms with van der Waals surface area (Å²) in [6, 6.07) is 3.92. The molecule has 0 aromatic carbocycles. The van der Waals surface area contributed by atoms with E-state index in [-0.39, 0.29) is 24.9 Å². The third-order valence-corrected chi connectivity index (χ3v) is 4.45. The molecule has 1 fully saturated rings. The van der Waals surface area contributed by atoms with Gasteiger partial charge in [0.1, 0.15) is 5.69 Å². The van der Waals surface area contributed by atoms with Crippen LogP contribution < -0.4 is 0 Å². The van der Waals surface area contributed by atoms with Crippen molar-refractivity contribution in [2.45, 2.75) is 51.7 Å². The smallest absolute Gasteiger partial charge is 0.270 e. The van der Waals surface area contributed by atoms with Crippen molar-refractivity contribution >= 4 is 5.91 Å². The summed E-state index contributed by atoms with van der Waals surface area (Å²) in [5.74, 6) is 0.912. The van der Waals surface area contributed by atoms with Gasteiger partial charge in [-0.05, 0) is 45.7 Å². The van der Waals surface area contributed by atoms with Crippen molar-refractivity contribution in [2.24, 2.45) is 0 Å². The molecule has 0 bridgehead atoms. The molecule has 7 nitrogen and oxygen atoms in total. The first kappa shape index (κ1) is 16.7. The minimum absolute atomic E-state index is 0.0477. The predicted octanol–water partition coefficient (Wildman–Crippen LogP) is 1.97. The maximum Gasteiger partial charge on any atom is 0.270 e. The van der Waals surface area contributed by atoms with Crippen LogP contribution >= 0.6 is 0 Å². The molecule has 1 saturated heterocycles. The highest BCUT2D eigenvalue weighted by molar-refractivity contribution is 5.93. The molecule has 7 heteroatoms. The Morgan fingerprint density at radius 2 is 2.29 bits per heavy atom. The first-order valence-electron chi connectivity index (χ1n) is 8.36. The lowest BCUT2D eigenvalue weighted by Gasteiger charge is -2.38. The van der Waals surface area contributed by atoms with Gasteiger partial charge in [0.15, 0.2) is 5.82 Å². The fourth-order valence-electron chi connectivity index (χ4n) is 3.31. The van der Waals surface area contributed by atoms with Crippen LogP contribution in [-0.4, -0.2) is 49.3 Å². The summed E-state index contributed by atoms with van der Waals surface area (Å²) in [5, 5.41) is 14.7. The molecule has 3 heterocycles. The maximum atomic E-state index is 12.9. The van der Waals surface area contributed by atoms with E-state index in [4.69, 9.17) is 4.52 Å². The summed E-state index contributed by atoms with van der Waals surface area (Å²) in [6.07, 6.45) is 3.54. The van der Waals surface area contributed by atoms with Gasteiger partial charge in [-0.15, -0.1) is 0 Å². The van der Waals surface area contributed by atoms with Gasteiger partial charge in [-0.25, -0.2) is 0 Å². The number of aromatic nitrogens is 3. The van der Waals surface area contributed by atoms with Gasteiger partial charge in [-0.3, -0.25) is 4.79 Å². The van der Waals surface area contributed by atoms with Crippen LogP contribution in [0.4, 0.5) is 0 Å². The van der Waals surface area contributed by atoms with Crippen LogP contribution in [0.25, 0.3) is 0 Å². The van der Waals surface area contributed by atoms with Crippen molar-refractivity contribution in [3.05, 3.63) is 35.7 Å². The standard InChI is InChI=1S/C17H24N4O3/c1-12(2)21-9-4-6-14(21)16(22)20-8-5-7-17(23,11-20)10-15-18-13(3)19-24-15/h4,6,9,12,23H,5,7-8,10-11H2,1-3H3. The van der Waals surface area contributed by atoms with E-state index in [0.717, 1.165) is 6.42 Å². The third kappa shape index (κ3) is 3.36. The number of β-amino-alcohol motifs (C(OH)–C–C–N with tert-alkyl or cyclic N) is 1. The van der Waals surface area contributed by atoms with Gasteiger partial charge in [-0.1, -0.05) is 5.16 Å². The van der Waals surface area contributed by atoms with E-state index in [1.54, 1.807) is 11.8 Å². The lowest BCUT2D eigenvalue weighted by molar-refractivity contribution is -0.0289. The fraction of sp³-hybridized carbons (Fsp3) is 0.588. The van der Waals surface area contributed by atoms with Crippen molar-refractivity contribution in [3.63, 3.8) is 0 Å². The van der Waals surface area contributed by atoms with E-state index < -0.39 is 5.60 Å². The van der Waals surface area contributed by atoms with Crippen LogP contribution in [0.3, 0.4) is 0 Å². The van der Waals surface area contributed by atoms with Gasteiger partial charge in [0, 0.05) is 18.8 Å². The lowest BCUT2D eigenvalue weighted by Crippen LogP contribution is -2.51. The van der Waals surface area contributed by atoms with E-state index >= 15 is 0 Å². The van der Waals surface area contributed by atoms with E-state index in [9.17, 15) is 9.90 Å². The zero-order chi connectivity index (χ0) is 17.3. The molecule has 1 aliphatic heterocycles. The van der Waals surface area contributed by atoms with Gasteiger partial charge >= 0.3 is 0 Å². The number of hydrogen-bond donors (Lipinski definition) is 1. The van der Waals surface area contributed by atoms with Crippen LogP contribution in [0.2, 0.25) is 0 Å². The number of piperidine rings is 1. The number of amides is 1. The molecule has 1 aliphatic rings. The third-order valence-electron chi connectivity index (χ3n) is 4.45. The first-order chi connectivity index (χ1) is 11.4. The molecule has 2 aromatic rings. The monoisotopic (exact) mass is 332 g/mol. The van der Waals surface area contributed by atoms with Gasteiger partial charge in [0.25, 0.3) is 5.91 Å². The molecule has 1 amide bonds. The highest BCUT2D eigenvalue weighted by atomic mass is 16.5. The highest BCUT2D eigenvalue weighted by Crippen LogP contribution is 2.26. The van der Waals surface area contributed by atoms with Crippen LogP contribution in [0, 0.1) is 6.92 Å². The number of rotatable bonds is 4. The zero-order valence-electron chi connectivity index (χ0n) is 14.4. The molecule has 1 unspecified atom stereocenters. The van der Waals surface area contributed by atoms with Crippen LogP contribution in [0.15, 0.2) is 22.9 Å². The quantitative estimate of drug-likeness (QED) is 0.925. The average molecular weight is 332 g/mol. The fourth-order valence-corrected chi connectivity index (χ4v) is 3.31. The maximum absolute atomic E-state index is 12.9. The largest absolute Gasteiger partial charge is 0.388 e. The molecule has 0 radical (unpaired) electrons. The van der Waals surface area contributed by atoms with Crippen LogP contribution in [0.5, 0.6) is 0 Å². The summed E-state index contributed by atoms with van der Waals surface area (Å²) in [6.45, 7) is 6.75. The molecule has 0 aliphatic carbocycles. The van der Waals surface area contributed by atoms with Crippen molar-refractivity contribution < 1.29 is 14.4 Å². The van der Waals surface area contributed by atoms with E-state index in [1.807, 2.05) is 36.7 Å². The zero-order valence-corrected chi connectivity index (χ0v) is 14.4. The molecule has 2 aromatic heterocycles. The number of likely N-dealkylation sites (tertiary alicyclic amines) is 1. The Morgan fingerprint density at radius 3 is 2.96 bits per heavy atom. The second kappa shape index (κ2) is 6.39. The molecule has 3 rings (SSSR count). The van der Waals surface area contributed by atoms with Crippen LogP contribution in [0.1, 0.15) is 54.9 Å². The topological polar surface area (TPSA) is 84.4 Å². The molecule has 0 spiro atoms. The Hall–Kier alpha value is -2.15. The normalized spacial score (nSPS) is 21.5. The van der Waals surface area contributed by atoms with Crippen molar-refractivity contribution in [3.8, 4) is 0 Å². The Balaban J connectivity index is 1.75. The van der Waals surface area contributed by atoms with Crippen molar-refractivity contribution in [2.75, 3.05) is 13.1 Å². The second-order valence-corrected chi connectivity index (χ2v) is 6.86. The van der Waals surface area contributed by atoms with Crippen molar-refractivity contribution in [1.82, 2.24) is 19.6 Å². The number of aryl methyl sites for hydroxylation is 1. The average Bonchev–Trinajstić information content (AvgIpc) is 3.15. The Labute approximate surface area is 141 Å². The summed E-state index contributed by atoms with van der Waals surface area (Å²) in [5.41, 5.74) is -0.370. The van der Waals surface area contributed by atoms with E-state index in [0.29, 0.717) is 30.4 Å². The first-order valence-corrected chi connectivity index (χ1v) is 8.36. The van der Waals surface area contributed by atoms with E-state index in [2.05, 4.69) is 10.1 Å². The number of nitrogens with zero attached hydrogens (tertiary/aromatic N) is 4. The van der Waals surface area contributed by atoms with Gasteiger partial charge in [0.2, 0.25) is 5.89 Å². The summed E-state index contributed by atoms with van der Waals surface area (Å²) >= 11 is 0. The summed E-state index contributed by atoms with van der Waals surface area (Å²) in [7, 11) is 0. The Morgan fingerprint density at radius 1 is 1.50 bits per heavy atom. The Kier molecular flexibility index (Phi) is 4.45. The van der Waals surface area contributed by atoms with Crippen LogP contribution in [-0.2, 0) is 6.42 Å². The molecule has 1 N–H and O–H groups in total. The van der Waals surface area contributed by atoms with Gasteiger partial charge in [-0.2, -0.15) is 4.98 Å². The molecule has 130 valence electrons. The number of carbonyl (C=O) groups is 1. The summed E-state index contributed by atoms with van der Waals surface area (Å²) in [4.78, 5) is 18.8. The number of hydrogen-bond acceptors (Lipinski definition) is 5. The lowest BCUT2D eigenvalue weighted by atomic mass is 9.89. The molecular weight excluding hydrogens is 308 g/mol. The minimum Gasteiger partial charge on any atom is -0.388 e. The summed E-state index contributed by atoms with van der Waals surface area (Å²) < 4.78 is 7.08. The Bertz CT molecular complexity index is 721.